The molecule has 1 aromatic heterocycles. The molecule has 0 spiro atoms. The standard InChI is InChI=1S/C26H29N3O4/c1-26(2,3)33-25(32)29(23-13-22(23)20-7-5-4-6-8-20)17-19-14-27-28(16-19)15-18-9-11-21(12-10-18)24(30)31/h4-12,14,16,22-23H,13,15,17H2,1-3H3,(H,30,31). The zero-order valence-electron chi connectivity index (χ0n) is 19.1. The third-order valence-corrected chi connectivity index (χ3v) is 5.60. The number of aromatic nitrogens is 2. The Morgan fingerprint density at radius 1 is 1.09 bits per heavy atom. The molecule has 7 nitrogen and oxygen atoms in total. The molecule has 2 aromatic carbocycles. The number of amides is 1. The second-order valence-electron chi connectivity index (χ2n) is 9.48. The monoisotopic (exact) mass is 447 g/mol. The van der Waals surface area contributed by atoms with E-state index in [9.17, 15) is 9.59 Å². The first kappa shape index (κ1) is 22.6. The van der Waals surface area contributed by atoms with Crippen molar-refractivity contribution in [3.05, 3.63) is 89.2 Å². The highest BCUT2D eigenvalue weighted by Gasteiger charge is 2.46. The Morgan fingerprint density at radius 2 is 1.79 bits per heavy atom. The minimum absolute atomic E-state index is 0.0918. The number of benzene rings is 2. The Labute approximate surface area is 193 Å². The van der Waals surface area contributed by atoms with Crippen LogP contribution in [0, 0.1) is 0 Å². The lowest BCUT2D eigenvalue weighted by Crippen LogP contribution is -2.38. The largest absolute Gasteiger partial charge is 0.478 e. The van der Waals surface area contributed by atoms with Gasteiger partial charge in [0.15, 0.2) is 0 Å². The summed E-state index contributed by atoms with van der Waals surface area (Å²) in [7, 11) is 0. The van der Waals surface area contributed by atoms with E-state index < -0.39 is 11.6 Å². The maximum absolute atomic E-state index is 13.0. The zero-order chi connectivity index (χ0) is 23.6. The number of rotatable bonds is 7. The number of nitrogens with zero attached hydrogens (tertiary/aromatic N) is 3. The summed E-state index contributed by atoms with van der Waals surface area (Å²) >= 11 is 0. The maximum Gasteiger partial charge on any atom is 0.410 e. The number of hydrogen-bond donors (Lipinski definition) is 1. The van der Waals surface area contributed by atoms with Crippen LogP contribution < -0.4 is 0 Å². The van der Waals surface area contributed by atoms with Gasteiger partial charge in [0.1, 0.15) is 5.60 Å². The van der Waals surface area contributed by atoms with E-state index in [2.05, 4.69) is 17.2 Å². The van der Waals surface area contributed by atoms with E-state index in [1.54, 1.807) is 35.1 Å². The molecule has 1 aliphatic rings. The smallest absolute Gasteiger partial charge is 0.410 e. The molecule has 3 aromatic rings. The molecule has 2 atom stereocenters. The molecule has 0 aliphatic heterocycles. The van der Waals surface area contributed by atoms with Gasteiger partial charge in [0.05, 0.1) is 24.8 Å². The highest BCUT2D eigenvalue weighted by atomic mass is 16.6. The van der Waals surface area contributed by atoms with Crippen LogP contribution in [0.25, 0.3) is 0 Å². The van der Waals surface area contributed by atoms with Crippen LogP contribution in [0.3, 0.4) is 0 Å². The third-order valence-electron chi connectivity index (χ3n) is 5.60. The van der Waals surface area contributed by atoms with Gasteiger partial charge in [-0.25, -0.2) is 9.59 Å². The molecular formula is C26H29N3O4. The van der Waals surface area contributed by atoms with Crippen molar-refractivity contribution in [1.29, 1.82) is 0 Å². The van der Waals surface area contributed by atoms with E-state index in [0.29, 0.717) is 19.0 Å². The molecule has 1 N–H and O–H groups in total. The molecule has 1 fully saturated rings. The molecule has 2 unspecified atom stereocenters. The number of carboxylic acid groups (broad SMARTS) is 1. The van der Waals surface area contributed by atoms with Crippen LogP contribution in [-0.2, 0) is 17.8 Å². The Hall–Kier alpha value is -3.61. The molecule has 7 heteroatoms. The summed E-state index contributed by atoms with van der Waals surface area (Å²) in [6, 6.07) is 17.1. The number of carbonyl (C=O) groups excluding carboxylic acids is 1. The predicted molar refractivity (Wildman–Crippen MR) is 124 cm³/mol. The lowest BCUT2D eigenvalue weighted by Gasteiger charge is -2.27. The SMILES string of the molecule is CC(C)(C)OC(=O)N(Cc1cnn(Cc2ccc(C(=O)O)cc2)c1)C1CC1c1ccccc1. The molecule has 4 rings (SSSR count). The average Bonchev–Trinajstić information content (AvgIpc) is 3.43. The summed E-state index contributed by atoms with van der Waals surface area (Å²) in [6.45, 7) is 6.55. The normalized spacial score (nSPS) is 17.4. The van der Waals surface area contributed by atoms with Gasteiger partial charge in [-0.1, -0.05) is 42.5 Å². The van der Waals surface area contributed by atoms with Gasteiger partial charge in [-0.05, 0) is 50.5 Å². The first-order valence-electron chi connectivity index (χ1n) is 11.1. The highest BCUT2D eigenvalue weighted by molar-refractivity contribution is 5.87. The second kappa shape index (κ2) is 9.10. The van der Waals surface area contributed by atoms with Gasteiger partial charge in [-0.2, -0.15) is 5.10 Å². The van der Waals surface area contributed by atoms with Crippen molar-refractivity contribution in [3.63, 3.8) is 0 Å². The first-order valence-corrected chi connectivity index (χ1v) is 11.1. The van der Waals surface area contributed by atoms with Gasteiger partial charge in [0.2, 0.25) is 0 Å². The van der Waals surface area contributed by atoms with Crippen molar-refractivity contribution in [2.45, 2.75) is 57.8 Å². The fourth-order valence-electron chi connectivity index (χ4n) is 3.93. The lowest BCUT2D eigenvalue weighted by atomic mass is 10.1. The molecule has 0 radical (unpaired) electrons. The summed E-state index contributed by atoms with van der Waals surface area (Å²) < 4.78 is 7.49. The van der Waals surface area contributed by atoms with Crippen molar-refractivity contribution < 1.29 is 19.4 Å². The van der Waals surface area contributed by atoms with Crippen molar-refractivity contribution in [2.75, 3.05) is 0 Å². The van der Waals surface area contributed by atoms with Gasteiger partial charge in [-0.15, -0.1) is 0 Å². The second-order valence-corrected chi connectivity index (χ2v) is 9.48. The molecule has 0 bridgehead atoms. The molecule has 172 valence electrons. The highest BCUT2D eigenvalue weighted by Crippen LogP contribution is 2.45. The molecule has 1 amide bonds. The predicted octanol–water partition coefficient (Wildman–Crippen LogP) is 4.92. The number of aromatic carboxylic acids is 1. The van der Waals surface area contributed by atoms with E-state index in [1.165, 1.54) is 5.56 Å². The topological polar surface area (TPSA) is 84.7 Å². The van der Waals surface area contributed by atoms with E-state index >= 15 is 0 Å². The van der Waals surface area contributed by atoms with Crippen LogP contribution >= 0.6 is 0 Å². The maximum atomic E-state index is 13.0. The van der Waals surface area contributed by atoms with Gasteiger partial charge >= 0.3 is 12.1 Å². The van der Waals surface area contributed by atoms with Crippen molar-refractivity contribution in [2.24, 2.45) is 0 Å². The molecule has 1 aliphatic carbocycles. The van der Waals surface area contributed by atoms with E-state index in [0.717, 1.165) is 17.5 Å². The number of ether oxygens (including phenoxy) is 1. The van der Waals surface area contributed by atoms with Crippen molar-refractivity contribution >= 4 is 12.1 Å². The van der Waals surface area contributed by atoms with Crippen LogP contribution in [0.15, 0.2) is 67.0 Å². The summed E-state index contributed by atoms with van der Waals surface area (Å²) in [4.78, 5) is 25.9. The summed E-state index contributed by atoms with van der Waals surface area (Å²) in [5, 5.41) is 13.5. The fourth-order valence-corrected chi connectivity index (χ4v) is 3.93. The quantitative estimate of drug-likeness (QED) is 0.556. The summed E-state index contributed by atoms with van der Waals surface area (Å²) in [5.41, 5.74) is 2.78. The molecule has 0 saturated heterocycles. The number of hydrogen-bond acceptors (Lipinski definition) is 4. The van der Waals surface area contributed by atoms with Crippen LogP contribution in [0.5, 0.6) is 0 Å². The van der Waals surface area contributed by atoms with Crippen molar-refractivity contribution in [1.82, 2.24) is 14.7 Å². The van der Waals surface area contributed by atoms with E-state index in [4.69, 9.17) is 9.84 Å². The van der Waals surface area contributed by atoms with Crippen molar-refractivity contribution in [3.8, 4) is 0 Å². The molecule has 33 heavy (non-hydrogen) atoms. The zero-order valence-corrected chi connectivity index (χ0v) is 19.1. The van der Waals surface area contributed by atoms with Crippen LogP contribution in [-0.4, -0.2) is 43.5 Å². The van der Waals surface area contributed by atoms with Gasteiger partial charge in [0, 0.05) is 23.7 Å². The third kappa shape index (κ3) is 5.80. The Bertz CT molecular complexity index is 1120. The van der Waals surface area contributed by atoms with Crippen LogP contribution in [0.1, 0.15) is 60.2 Å². The van der Waals surface area contributed by atoms with Gasteiger partial charge < -0.3 is 14.7 Å². The van der Waals surface area contributed by atoms with Gasteiger partial charge in [0.25, 0.3) is 0 Å². The Balaban J connectivity index is 1.46. The van der Waals surface area contributed by atoms with Gasteiger partial charge in [-0.3, -0.25) is 4.68 Å². The van der Waals surface area contributed by atoms with E-state index in [1.807, 2.05) is 50.1 Å². The summed E-state index contributed by atoms with van der Waals surface area (Å²) in [5.74, 6) is -0.638. The van der Waals surface area contributed by atoms with E-state index in [-0.39, 0.29) is 17.7 Å². The first-order chi connectivity index (χ1) is 15.7. The molecule has 1 saturated carbocycles. The average molecular weight is 448 g/mol. The fraction of sp³-hybridized carbons (Fsp3) is 0.346. The van der Waals surface area contributed by atoms with Crippen LogP contribution in [0.4, 0.5) is 4.79 Å². The Kier molecular flexibility index (Phi) is 6.22. The molecule has 1 heterocycles. The van der Waals surface area contributed by atoms with Crippen LogP contribution in [0.2, 0.25) is 0 Å². The number of carbonyl (C=O) groups is 2. The summed E-state index contributed by atoms with van der Waals surface area (Å²) in [6.07, 6.45) is 4.28. The minimum atomic E-state index is -0.945. The minimum Gasteiger partial charge on any atom is -0.478 e. The number of carboxylic acids is 1. The Morgan fingerprint density at radius 3 is 2.42 bits per heavy atom. The lowest BCUT2D eigenvalue weighted by molar-refractivity contribution is 0.0212. The molecular weight excluding hydrogens is 418 g/mol.